The van der Waals surface area contributed by atoms with Gasteiger partial charge < -0.3 is 5.32 Å². The fraction of sp³-hybridized carbons (Fsp3) is 0.438. The molecule has 2 heterocycles. The van der Waals surface area contributed by atoms with Crippen LogP contribution in [0.15, 0.2) is 29.1 Å². The number of nitrogens with one attached hydrogen (secondary N) is 1. The van der Waals surface area contributed by atoms with Crippen LogP contribution in [0.5, 0.6) is 0 Å². The van der Waals surface area contributed by atoms with Gasteiger partial charge in [0.25, 0.3) is 5.56 Å². The van der Waals surface area contributed by atoms with E-state index >= 15 is 0 Å². The van der Waals surface area contributed by atoms with Crippen molar-refractivity contribution in [1.82, 2.24) is 15.1 Å². The Kier molecular flexibility index (Phi) is 4.40. The lowest BCUT2D eigenvalue weighted by atomic mass is 10.1. The van der Waals surface area contributed by atoms with Crippen LogP contribution in [0.25, 0.3) is 10.8 Å². The monoisotopic (exact) mass is 349 g/mol. The van der Waals surface area contributed by atoms with Crippen molar-refractivity contribution in [3.05, 3.63) is 40.3 Å². The molecule has 1 fully saturated rings. The summed E-state index contributed by atoms with van der Waals surface area (Å²) >= 11 is 0. The molecule has 1 aromatic heterocycles. The summed E-state index contributed by atoms with van der Waals surface area (Å²) in [7, 11) is -2.96. The fourth-order valence-electron chi connectivity index (χ4n) is 2.99. The van der Waals surface area contributed by atoms with E-state index in [1.165, 1.54) is 0 Å². The van der Waals surface area contributed by atoms with Gasteiger partial charge in [0.05, 0.1) is 22.6 Å². The molecule has 128 valence electrons. The predicted molar refractivity (Wildman–Crippen MR) is 90.5 cm³/mol. The molecule has 0 bridgehead atoms. The third-order valence-corrected chi connectivity index (χ3v) is 6.10. The highest BCUT2D eigenvalue weighted by molar-refractivity contribution is 7.91. The van der Waals surface area contributed by atoms with Gasteiger partial charge in [0, 0.05) is 11.9 Å². The largest absolute Gasteiger partial charge is 0.354 e. The first-order valence-electron chi connectivity index (χ1n) is 7.79. The van der Waals surface area contributed by atoms with Gasteiger partial charge in [-0.15, -0.1) is 0 Å². The molecule has 0 unspecified atom stereocenters. The minimum atomic E-state index is -2.96. The number of rotatable bonds is 4. The van der Waals surface area contributed by atoms with Crippen molar-refractivity contribution in [3.8, 4) is 0 Å². The molecular weight excluding hydrogens is 330 g/mol. The molecule has 0 saturated carbocycles. The van der Waals surface area contributed by atoms with Crippen molar-refractivity contribution in [1.29, 1.82) is 0 Å². The van der Waals surface area contributed by atoms with Gasteiger partial charge >= 0.3 is 0 Å². The van der Waals surface area contributed by atoms with E-state index in [0.29, 0.717) is 24.0 Å². The molecule has 0 aliphatic carbocycles. The number of hydrogen-bond donors (Lipinski definition) is 1. The van der Waals surface area contributed by atoms with E-state index in [2.05, 4.69) is 10.4 Å². The van der Waals surface area contributed by atoms with Gasteiger partial charge in [-0.25, -0.2) is 13.1 Å². The van der Waals surface area contributed by atoms with Crippen molar-refractivity contribution >= 4 is 26.5 Å². The zero-order chi connectivity index (χ0) is 17.3. The van der Waals surface area contributed by atoms with Crippen LogP contribution in [-0.2, 0) is 21.2 Å². The van der Waals surface area contributed by atoms with E-state index < -0.39 is 9.84 Å². The lowest BCUT2D eigenvalue weighted by Crippen LogP contribution is -2.36. The maximum absolute atomic E-state index is 12.4. The third-order valence-electron chi connectivity index (χ3n) is 4.26. The Morgan fingerprint density at radius 3 is 2.71 bits per heavy atom. The summed E-state index contributed by atoms with van der Waals surface area (Å²) in [5.74, 6) is -0.107. The lowest BCUT2D eigenvalue weighted by Gasteiger charge is -2.11. The van der Waals surface area contributed by atoms with Crippen LogP contribution >= 0.6 is 0 Å². The summed E-state index contributed by atoms with van der Waals surface area (Å²) in [6.07, 6.45) is 0.565. The fourth-order valence-corrected chi connectivity index (χ4v) is 4.86. The average molecular weight is 349 g/mol. The number of fused-ring (bicyclic) bond motifs is 1. The molecular formula is C16H19N3O4S. The van der Waals surface area contributed by atoms with Crippen LogP contribution in [0.1, 0.15) is 12.1 Å². The van der Waals surface area contributed by atoms with Gasteiger partial charge in [0.15, 0.2) is 9.84 Å². The molecule has 0 radical (unpaired) electrons. The second-order valence-electron chi connectivity index (χ2n) is 6.17. The molecule has 2 aromatic rings. The Labute approximate surface area is 139 Å². The van der Waals surface area contributed by atoms with Crippen molar-refractivity contribution in [3.63, 3.8) is 0 Å². The Morgan fingerprint density at radius 2 is 2.04 bits per heavy atom. The smallest absolute Gasteiger partial charge is 0.275 e. The van der Waals surface area contributed by atoms with E-state index in [4.69, 9.17) is 0 Å². The number of carbonyl (C=O) groups is 1. The number of nitrogens with zero attached hydrogens (tertiary/aromatic N) is 2. The van der Waals surface area contributed by atoms with Crippen molar-refractivity contribution < 1.29 is 13.2 Å². The number of sulfone groups is 1. The van der Waals surface area contributed by atoms with Crippen LogP contribution in [0.2, 0.25) is 0 Å². The highest BCUT2D eigenvalue weighted by atomic mass is 32.2. The number of amides is 1. The Balaban J connectivity index is 1.70. The number of carbonyl (C=O) groups excluding carboxylic acids is 1. The van der Waals surface area contributed by atoms with Crippen LogP contribution < -0.4 is 10.9 Å². The summed E-state index contributed by atoms with van der Waals surface area (Å²) in [5.41, 5.74) is 0.370. The topological polar surface area (TPSA) is 98.1 Å². The summed E-state index contributed by atoms with van der Waals surface area (Å²) < 4.78 is 24.0. The Bertz CT molecular complexity index is 949. The SMILES string of the molecule is Cc1nn(CC(=O)NC[C@@H]2CCS(=O)(=O)C2)c(=O)c2ccccc12. The molecule has 1 saturated heterocycles. The second kappa shape index (κ2) is 6.35. The maximum Gasteiger partial charge on any atom is 0.275 e. The number of aromatic nitrogens is 2. The first-order valence-corrected chi connectivity index (χ1v) is 9.61. The molecule has 0 spiro atoms. The van der Waals surface area contributed by atoms with E-state index in [1.54, 1.807) is 19.1 Å². The molecule has 7 nitrogen and oxygen atoms in total. The zero-order valence-electron chi connectivity index (χ0n) is 13.4. The van der Waals surface area contributed by atoms with Gasteiger partial charge in [-0.05, 0) is 25.3 Å². The number of benzene rings is 1. The summed E-state index contributed by atoms with van der Waals surface area (Å²) in [4.78, 5) is 24.5. The van der Waals surface area contributed by atoms with Crippen LogP contribution in [0, 0.1) is 12.8 Å². The number of hydrogen-bond acceptors (Lipinski definition) is 5. The molecule has 1 amide bonds. The van der Waals surface area contributed by atoms with E-state index in [0.717, 1.165) is 10.1 Å². The normalized spacial score (nSPS) is 19.5. The maximum atomic E-state index is 12.4. The average Bonchev–Trinajstić information content (AvgIpc) is 2.90. The molecule has 3 rings (SSSR count). The van der Waals surface area contributed by atoms with Crippen molar-refractivity contribution in [2.75, 3.05) is 18.1 Å². The Hall–Kier alpha value is -2.22. The van der Waals surface area contributed by atoms with Gasteiger partial charge in [0.2, 0.25) is 5.91 Å². The van der Waals surface area contributed by atoms with Crippen LogP contribution in [-0.4, -0.2) is 42.2 Å². The molecule has 1 aromatic carbocycles. The van der Waals surface area contributed by atoms with E-state index in [9.17, 15) is 18.0 Å². The first-order chi connectivity index (χ1) is 11.4. The Morgan fingerprint density at radius 1 is 1.33 bits per heavy atom. The molecule has 8 heteroatoms. The summed E-state index contributed by atoms with van der Waals surface area (Å²) in [5, 5.41) is 8.19. The molecule has 1 aliphatic rings. The van der Waals surface area contributed by atoms with Gasteiger partial charge in [-0.3, -0.25) is 9.59 Å². The highest BCUT2D eigenvalue weighted by Gasteiger charge is 2.27. The molecule has 24 heavy (non-hydrogen) atoms. The predicted octanol–water partition coefficient (Wildman–Crippen LogP) is 0.256. The van der Waals surface area contributed by atoms with Gasteiger partial charge in [0.1, 0.15) is 6.54 Å². The van der Waals surface area contributed by atoms with Crippen LogP contribution in [0.3, 0.4) is 0 Å². The first kappa shape index (κ1) is 16.6. The molecule has 1 aliphatic heterocycles. The minimum Gasteiger partial charge on any atom is -0.354 e. The minimum absolute atomic E-state index is 0.0537. The van der Waals surface area contributed by atoms with Gasteiger partial charge in [-0.2, -0.15) is 5.10 Å². The summed E-state index contributed by atoms with van der Waals surface area (Å²) in [6, 6.07) is 7.14. The third kappa shape index (κ3) is 3.48. The zero-order valence-corrected chi connectivity index (χ0v) is 14.2. The molecule has 1 N–H and O–H groups in total. The second-order valence-corrected chi connectivity index (χ2v) is 8.40. The number of aryl methyl sites for hydroxylation is 1. The van der Waals surface area contributed by atoms with Crippen molar-refractivity contribution in [2.45, 2.75) is 19.9 Å². The highest BCUT2D eigenvalue weighted by Crippen LogP contribution is 2.17. The van der Waals surface area contributed by atoms with E-state index in [-0.39, 0.29) is 35.4 Å². The lowest BCUT2D eigenvalue weighted by molar-refractivity contribution is -0.122. The van der Waals surface area contributed by atoms with Gasteiger partial charge in [-0.1, -0.05) is 18.2 Å². The quantitative estimate of drug-likeness (QED) is 0.853. The standard InChI is InChI=1S/C16H19N3O4S/c1-11-13-4-2-3-5-14(13)16(21)19(18-11)9-15(20)17-8-12-6-7-24(22,23)10-12/h2-5,12H,6-10H2,1H3,(H,17,20)/t12-/m0/s1. The van der Waals surface area contributed by atoms with Crippen molar-refractivity contribution in [2.24, 2.45) is 5.92 Å². The van der Waals surface area contributed by atoms with Crippen LogP contribution in [0.4, 0.5) is 0 Å². The van der Waals surface area contributed by atoms with E-state index in [1.807, 2.05) is 12.1 Å². The summed E-state index contributed by atoms with van der Waals surface area (Å²) in [6.45, 7) is 1.92. The molecule has 1 atom stereocenters.